The average molecular weight is 302 g/mol. The van der Waals surface area contributed by atoms with Gasteiger partial charge in [0.15, 0.2) is 0 Å². The molecular weight excluding hydrogens is 272 g/mol. The van der Waals surface area contributed by atoms with Gasteiger partial charge in [-0.3, -0.25) is 9.69 Å². The summed E-state index contributed by atoms with van der Waals surface area (Å²) in [6.07, 6.45) is 1.13. The van der Waals surface area contributed by atoms with E-state index in [0.29, 0.717) is 17.9 Å². The van der Waals surface area contributed by atoms with Gasteiger partial charge in [-0.25, -0.2) is 0 Å². The summed E-state index contributed by atoms with van der Waals surface area (Å²) in [5.41, 5.74) is 2.76. The van der Waals surface area contributed by atoms with E-state index in [0.717, 1.165) is 26.1 Å². The fourth-order valence-electron chi connectivity index (χ4n) is 3.25. The molecule has 0 saturated carbocycles. The molecule has 2 atom stereocenters. The van der Waals surface area contributed by atoms with Crippen LogP contribution in [0.25, 0.3) is 0 Å². The normalized spacial score (nSPS) is 20.0. The summed E-state index contributed by atoms with van der Waals surface area (Å²) in [5.74, 6) is 1.40. The lowest BCUT2D eigenvalue weighted by Crippen LogP contribution is -2.31. The number of hydrogen-bond acceptors (Lipinski definition) is 2. The highest BCUT2D eigenvalue weighted by Crippen LogP contribution is 2.25. The number of hydrogen-bond donors (Lipinski definition) is 0. The molecular formula is C19H30N2O. The topological polar surface area (TPSA) is 23.6 Å². The van der Waals surface area contributed by atoms with Crippen LogP contribution < -0.4 is 0 Å². The Kier molecular flexibility index (Phi) is 5.63. The van der Waals surface area contributed by atoms with Crippen LogP contribution in [0.15, 0.2) is 24.3 Å². The molecule has 1 heterocycles. The van der Waals surface area contributed by atoms with E-state index >= 15 is 0 Å². The van der Waals surface area contributed by atoms with Gasteiger partial charge in [-0.05, 0) is 43.4 Å². The van der Waals surface area contributed by atoms with Crippen LogP contribution in [0.1, 0.15) is 57.2 Å². The number of carbonyl (C=O) groups excluding carboxylic acids is 1. The molecule has 1 amide bonds. The Bertz CT molecular complexity index is 495. The van der Waals surface area contributed by atoms with Crippen LogP contribution in [0.5, 0.6) is 0 Å². The van der Waals surface area contributed by atoms with Crippen LogP contribution >= 0.6 is 0 Å². The van der Waals surface area contributed by atoms with Crippen LogP contribution in [0.2, 0.25) is 0 Å². The van der Waals surface area contributed by atoms with Gasteiger partial charge in [0.2, 0.25) is 5.91 Å². The lowest BCUT2D eigenvalue weighted by atomic mass is 9.98. The minimum absolute atomic E-state index is 0.211. The monoisotopic (exact) mass is 302 g/mol. The first-order valence-electron chi connectivity index (χ1n) is 8.44. The molecule has 0 spiro atoms. The van der Waals surface area contributed by atoms with Crippen molar-refractivity contribution in [2.75, 3.05) is 26.7 Å². The van der Waals surface area contributed by atoms with E-state index in [2.05, 4.69) is 57.0 Å². The summed E-state index contributed by atoms with van der Waals surface area (Å²) in [7, 11) is 2.19. The third-order valence-corrected chi connectivity index (χ3v) is 5.02. The molecule has 0 radical (unpaired) electrons. The molecule has 3 heteroatoms. The quantitative estimate of drug-likeness (QED) is 0.828. The maximum atomic E-state index is 11.4. The van der Waals surface area contributed by atoms with Crippen molar-refractivity contribution in [3.63, 3.8) is 0 Å². The van der Waals surface area contributed by atoms with Gasteiger partial charge in [0, 0.05) is 32.6 Å². The summed E-state index contributed by atoms with van der Waals surface area (Å²) >= 11 is 0. The molecule has 1 aliphatic heterocycles. The molecule has 2 rings (SSSR count). The standard InChI is InChI=1S/C19H30N2O/c1-14(2)18-6-8-19(9-7-18)15(3)20(5)12-17-10-11-21(13-17)16(4)22/h6-9,14-15,17H,10-13H2,1-5H3/t15-,17-/m1/s1. The second-order valence-electron chi connectivity index (χ2n) is 7.06. The van der Waals surface area contributed by atoms with E-state index in [4.69, 9.17) is 0 Å². The molecule has 1 saturated heterocycles. The molecule has 1 aliphatic rings. The third kappa shape index (κ3) is 4.10. The van der Waals surface area contributed by atoms with Crippen molar-refractivity contribution in [1.82, 2.24) is 9.80 Å². The number of nitrogens with zero attached hydrogens (tertiary/aromatic N) is 2. The van der Waals surface area contributed by atoms with Gasteiger partial charge in [-0.1, -0.05) is 38.1 Å². The summed E-state index contributed by atoms with van der Waals surface area (Å²) in [4.78, 5) is 15.8. The first kappa shape index (κ1) is 17.0. The van der Waals surface area contributed by atoms with Gasteiger partial charge >= 0.3 is 0 Å². The number of amides is 1. The first-order chi connectivity index (χ1) is 10.4. The van der Waals surface area contributed by atoms with Crippen molar-refractivity contribution in [2.24, 2.45) is 5.92 Å². The van der Waals surface area contributed by atoms with E-state index in [1.807, 2.05) is 4.90 Å². The maximum Gasteiger partial charge on any atom is 0.219 e. The van der Waals surface area contributed by atoms with Crippen molar-refractivity contribution >= 4 is 5.91 Å². The Morgan fingerprint density at radius 1 is 1.23 bits per heavy atom. The van der Waals surface area contributed by atoms with Gasteiger partial charge in [0.1, 0.15) is 0 Å². The summed E-state index contributed by atoms with van der Waals surface area (Å²) in [5, 5.41) is 0. The van der Waals surface area contributed by atoms with Crippen LogP contribution in [0, 0.1) is 5.92 Å². The summed E-state index contributed by atoms with van der Waals surface area (Å²) in [6.45, 7) is 11.3. The van der Waals surface area contributed by atoms with Gasteiger partial charge in [-0.2, -0.15) is 0 Å². The van der Waals surface area contributed by atoms with E-state index in [1.54, 1.807) is 6.92 Å². The number of carbonyl (C=O) groups is 1. The van der Waals surface area contributed by atoms with E-state index < -0.39 is 0 Å². The van der Waals surface area contributed by atoms with Crippen molar-refractivity contribution in [2.45, 2.75) is 46.1 Å². The highest BCUT2D eigenvalue weighted by Gasteiger charge is 2.26. The molecule has 1 fully saturated rings. The van der Waals surface area contributed by atoms with E-state index in [1.165, 1.54) is 11.1 Å². The molecule has 0 aromatic heterocycles. The first-order valence-corrected chi connectivity index (χ1v) is 8.44. The molecule has 0 aliphatic carbocycles. The zero-order valence-electron chi connectivity index (χ0n) is 14.7. The van der Waals surface area contributed by atoms with Crippen molar-refractivity contribution in [3.8, 4) is 0 Å². The molecule has 1 aromatic carbocycles. The molecule has 3 nitrogen and oxygen atoms in total. The van der Waals surface area contributed by atoms with Crippen LogP contribution in [0.3, 0.4) is 0 Å². The Hall–Kier alpha value is -1.35. The largest absolute Gasteiger partial charge is 0.343 e. The number of likely N-dealkylation sites (tertiary alicyclic amines) is 1. The SMILES string of the molecule is CC(=O)N1CC[C@H](CN(C)[C@H](C)c2ccc(C(C)C)cc2)C1. The minimum Gasteiger partial charge on any atom is -0.343 e. The maximum absolute atomic E-state index is 11.4. The Morgan fingerprint density at radius 2 is 1.82 bits per heavy atom. The summed E-state index contributed by atoms with van der Waals surface area (Å²) < 4.78 is 0. The van der Waals surface area contributed by atoms with Crippen LogP contribution in [-0.4, -0.2) is 42.4 Å². The molecule has 0 bridgehead atoms. The van der Waals surface area contributed by atoms with Gasteiger partial charge < -0.3 is 4.90 Å². The lowest BCUT2D eigenvalue weighted by Gasteiger charge is -2.28. The van der Waals surface area contributed by atoms with Crippen LogP contribution in [0.4, 0.5) is 0 Å². The third-order valence-electron chi connectivity index (χ3n) is 5.02. The van der Waals surface area contributed by atoms with Gasteiger partial charge in [0.05, 0.1) is 0 Å². The van der Waals surface area contributed by atoms with Crippen molar-refractivity contribution in [1.29, 1.82) is 0 Å². The highest BCUT2D eigenvalue weighted by molar-refractivity contribution is 5.73. The van der Waals surface area contributed by atoms with Gasteiger partial charge in [0.25, 0.3) is 0 Å². The zero-order chi connectivity index (χ0) is 16.3. The lowest BCUT2D eigenvalue weighted by molar-refractivity contribution is -0.127. The Labute approximate surface area is 135 Å². The highest BCUT2D eigenvalue weighted by atomic mass is 16.2. The van der Waals surface area contributed by atoms with E-state index in [-0.39, 0.29) is 5.91 Å². The molecule has 0 unspecified atom stereocenters. The molecule has 0 N–H and O–H groups in total. The minimum atomic E-state index is 0.211. The average Bonchev–Trinajstić information content (AvgIpc) is 2.95. The Morgan fingerprint density at radius 3 is 2.32 bits per heavy atom. The number of benzene rings is 1. The second-order valence-corrected chi connectivity index (χ2v) is 7.06. The smallest absolute Gasteiger partial charge is 0.219 e. The van der Waals surface area contributed by atoms with Crippen molar-refractivity contribution < 1.29 is 4.79 Å². The van der Waals surface area contributed by atoms with Gasteiger partial charge in [-0.15, -0.1) is 0 Å². The number of rotatable bonds is 5. The van der Waals surface area contributed by atoms with E-state index in [9.17, 15) is 4.79 Å². The molecule has 1 aromatic rings. The zero-order valence-corrected chi connectivity index (χ0v) is 14.7. The second kappa shape index (κ2) is 7.28. The predicted molar refractivity (Wildman–Crippen MR) is 91.9 cm³/mol. The van der Waals surface area contributed by atoms with Crippen molar-refractivity contribution in [3.05, 3.63) is 35.4 Å². The fraction of sp³-hybridized carbons (Fsp3) is 0.632. The fourth-order valence-corrected chi connectivity index (χ4v) is 3.25. The molecule has 22 heavy (non-hydrogen) atoms. The Balaban J connectivity index is 1.92. The summed E-state index contributed by atoms with van der Waals surface area (Å²) in [6, 6.07) is 9.42. The molecule has 122 valence electrons. The van der Waals surface area contributed by atoms with Crippen LogP contribution in [-0.2, 0) is 4.79 Å². The predicted octanol–water partition coefficient (Wildman–Crippen LogP) is 3.67.